The highest BCUT2D eigenvalue weighted by Crippen LogP contribution is 2.44. The van der Waals surface area contributed by atoms with E-state index in [0.29, 0.717) is 5.92 Å². The van der Waals surface area contributed by atoms with Crippen molar-refractivity contribution in [3.8, 4) is 0 Å². The van der Waals surface area contributed by atoms with Crippen LogP contribution in [0.25, 0.3) is 0 Å². The van der Waals surface area contributed by atoms with E-state index in [-0.39, 0.29) is 24.8 Å². The smallest absolute Gasteiger partial charge is 0.249 e. The van der Waals surface area contributed by atoms with Crippen LogP contribution in [0.3, 0.4) is 0 Å². The molecule has 0 aromatic rings. The molecule has 0 aromatic heterocycles. The molecule has 0 aromatic carbocycles. The van der Waals surface area contributed by atoms with Crippen molar-refractivity contribution in [2.75, 3.05) is 26.7 Å². The third-order valence-corrected chi connectivity index (χ3v) is 4.45. The van der Waals surface area contributed by atoms with Gasteiger partial charge in [0, 0.05) is 44.4 Å². The first-order valence-electron chi connectivity index (χ1n) is 6.33. The average molecular weight is 244 g/mol. The van der Waals surface area contributed by atoms with Crippen LogP contribution in [0, 0.1) is 11.8 Å². The van der Waals surface area contributed by atoms with Crippen LogP contribution >= 0.6 is 0 Å². The lowest BCUT2D eigenvalue weighted by molar-refractivity contribution is -0.160. The number of likely N-dealkylation sites (tertiary alicyclic amines) is 2. The van der Waals surface area contributed by atoms with Gasteiger partial charge in [-0.15, -0.1) is 0 Å². The van der Waals surface area contributed by atoms with E-state index >= 15 is 0 Å². The summed E-state index contributed by atoms with van der Waals surface area (Å²) in [6, 6.07) is 0.279. The summed E-state index contributed by atoms with van der Waals surface area (Å²) in [5.41, 5.74) is 0. The van der Waals surface area contributed by atoms with Gasteiger partial charge in [-0.1, -0.05) is 0 Å². The monoisotopic (exact) mass is 244 g/mol. The lowest BCUT2D eigenvalue weighted by Crippen LogP contribution is -2.49. The van der Waals surface area contributed by atoms with Gasteiger partial charge in [0.2, 0.25) is 11.8 Å². The molecule has 3 nitrogen and oxygen atoms in total. The molecule has 0 unspecified atom stereocenters. The van der Waals surface area contributed by atoms with Gasteiger partial charge in [-0.3, -0.25) is 4.79 Å². The Morgan fingerprint density at radius 2 is 2.00 bits per heavy atom. The molecule has 1 saturated carbocycles. The molecule has 2 atom stereocenters. The van der Waals surface area contributed by atoms with Crippen molar-refractivity contribution in [1.82, 2.24) is 9.80 Å². The molecular weight excluding hydrogens is 226 g/mol. The minimum absolute atomic E-state index is 0.0290. The van der Waals surface area contributed by atoms with Crippen molar-refractivity contribution >= 4 is 5.91 Å². The fourth-order valence-electron chi connectivity index (χ4n) is 3.52. The quantitative estimate of drug-likeness (QED) is 0.692. The Balaban J connectivity index is 1.64. The SMILES string of the molecule is CN1C[C@@H]2CCN(C(=O)C3CC(F)(F)C3)[C@@H]2C1. The predicted molar refractivity (Wildman–Crippen MR) is 58.8 cm³/mol. The average Bonchev–Trinajstić information content (AvgIpc) is 2.71. The second-order valence-electron chi connectivity index (χ2n) is 5.83. The van der Waals surface area contributed by atoms with Crippen LogP contribution < -0.4 is 0 Å². The normalized spacial score (nSPS) is 37.0. The van der Waals surface area contributed by atoms with Gasteiger partial charge in [0.25, 0.3) is 0 Å². The minimum Gasteiger partial charge on any atom is -0.338 e. The maximum atomic E-state index is 12.8. The van der Waals surface area contributed by atoms with E-state index in [4.69, 9.17) is 0 Å². The van der Waals surface area contributed by atoms with E-state index in [0.717, 1.165) is 26.1 Å². The molecule has 3 rings (SSSR count). The van der Waals surface area contributed by atoms with E-state index in [1.807, 2.05) is 4.90 Å². The third kappa shape index (κ3) is 1.84. The second-order valence-corrected chi connectivity index (χ2v) is 5.83. The molecule has 96 valence electrons. The molecule has 3 aliphatic rings. The molecule has 2 heterocycles. The van der Waals surface area contributed by atoms with E-state index in [9.17, 15) is 13.6 Å². The number of nitrogens with zero attached hydrogens (tertiary/aromatic N) is 2. The van der Waals surface area contributed by atoms with Crippen LogP contribution in [0.4, 0.5) is 8.78 Å². The van der Waals surface area contributed by atoms with Crippen LogP contribution in [0.1, 0.15) is 19.3 Å². The van der Waals surface area contributed by atoms with Crippen LogP contribution in [-0.2, 0) is 4.79 Å². The van der Waals surface area contributed by atoms with Gasteiger partial charge in [0.1, 0.15) is 0 Å². The van der Waals surface area contributed by atoms with Crippen LogP contribution in [-0.4, -0.2) is 54.4 Å². The number of hydrogen-bond donors (Lipinski definition) is 0. The summed E-state index contributed by atoms with van der Waals surface area (Å²) >= 11 is 0. The number of amides is 1. The molecule has 0 bridgehead atoms. The Hall–Kier alpha value is -0.710. The lowest BCUT2D eigenvalue weighted by atomic mass is 9.80. The highest BCUT2D eigenvalue weighted by molar-refractivity contribution is 5.80. The van der Waals surface area contributed by atoms with Crippen molar-refractivity contribution in [1.29, 1.82) is 0 Å². The van der Waals surface area contributed by atoms with Gasteiger partial charge in [0.05, 0.1) is 0 Å². The molecule has 2 aliphatic heterocycles. The summed E-state index contributed by atoms with van der Waals surface area (Å²) in [4.78, 5) is 16.2. The molecule has 1 aliphatic carbocycles. The van der Waals surface area contributed by atoms with E-state index in [1.54, 1.807) is 0 Å². The second kappa shape index (κ2) is 3.64. The predicted octanol–water partition coefficient (Wildman–Crippen LogP) is 1.19. The number of carbonyl (C=O) groups is 1. The van der Waals surface area contributed by atoms with E-state index in [2.05, 4.69) is 11.9 Å². The summed E-state index contributed by atoms with van der Waals surface area (Å²) in [5.74, 6) is -2.48. The summed E-state index contributed by atoms with van der Waals surface area (Å²) in [6.07, 6.45) is 0.551. The number of alkyl halides is 2. The Bertz CT molecular complexity index is 339. The number of likely N-dealkylation sites (N-methyl/N-ethyl adjacent to an activating group) is 1. The minimum atomic E-state index is -2.59. The van der Waals surface area contributed by atoms with Gasteiger partial charge in [-0.2, -0.15) is 0 Å². The van der Waals surface area contributed by atoms with Gasteiger partial charge < -0.3 is 9.80 Å². The zero-order valence-corrected chi connectivity index (χ0v) is 10.0. The topological polar surface area (TPSA) is 23.6 Å². The van der Waals surface area contributed by atoms with Crippen molar-refractivity contribution in [3.05, 3.63) is 0 Å². The molecule has 17 heavy (non-hydrogen) atoms. The van der Waals surface area contributed by atoms with Crippen LogP contribution in [0.15, 0.2) is 0 Å². The van der Waals surface area contributed by atoms with Crippen molar-refractivity contribution < 1.29 is 13.6 Å². The Labute approximate surface area is 99.7 Å². The standard InChI is InChI=1S/C12H18F2N2O/c1-15-6-8-2-3-16(10(8)7-15)11(17)9-4-12(13,14)5-9/h8-10H,2-7H2,1H3/t8-,10+/m0/s1. The Morgan fingerprint density at radius 1 is 1.29 bits per heavy atom. The molecule has 5 heteroatoms. The van der Waals surface area contributed by atoms with Gasteiger partial charge in [0.15, 0.2) is 0 Å². The highest BCUT2D eigenvalue weighted by atomic mass is 19.3. The molecule has 0 radical (unpaired) electrons. The maximum absolute atomic E-state index is 12.8. The largest absolute Gasteiger partial charge is 0.338 e. The zero-order chi connectivity index (χ0) is 12.2. The van der Waals surface area contributed by atoms with Crippen LogP contribution in [0.2, 0.25) is 0 Å². The molecule has 1 amide bonds. The molecule has 3 fully saturated rings. The molecular formula is C12H18F2N2O. The Morgan fingerprint density at radius 3 is 2.65 bits per heavy atom. The fraction of sp³-hybridized carbons (Fsp3) is 0.917. The number of rotatable bonds is 1. The summed E-state index contributed by atoms with van der Waals surface area (Å²) < 4.78 is 25.6. The molecule has 0 spiro atoms. The van der Waals surface area contributed by atoms with Crippen molar-refractivity contribution in [2.45, 2.75) is 31.2 Å². The third-order valence-electron chi connectivity index (χ3n) is 4.45. The number of halogens is 2. The number of carbonyl (C=O) groups excluding carboxylic acids is 1. The van der Waals surface area contributed by atoms with E-state index in [1.165, 1.54) is 0 Å². The summed E-state index contributed by atoms with van der Waals surface area (Å²) in [6.45, 7) is 2.71. The molecule has 2 saturated heterocycles. The Kier molecular flexibility index (Phi) is 2.44. The van der Waals surface area contributed by atoms with Gasteiger partial charge in [-0.25, -0.2) is 8.78 Å². The van der Waals surface area contributed by atoms with Crippen LogP contribution in [0.5, 0.6) is 0 Å². The first-order chi connectivity index (χ1) is 7.96. The van der Waals surface area contributed by atoms with Crippen molar-refractivity contribution in [2.24, 2.45) is 11.8 Å². The van der Waals surface area contributed by atoms with E-state index < -0.39 is 11.8 Å². The number of hydrogen-bond acceptors (Lipinski definition) is 2. The summed E-state index contributed by atoms with van der Waals surface area (Å²) in [5, 5.41) is 0. The van der Waals surface area contributed by atoms with Gasteiger partial charge in [-0.05, 0) is 19.4 Å². The fourth-order valence-corrected chi connectivity index (χ4v) is 3.52. The number of fused-ring (bicyclic) bond motifs is 1. The first-order valence-corrected chi connectivity index (χ1v) is 6.33. The summed E-state index contributed by atoms with van der Waals surface area (Å²) in [7, 11) is 2.05. The lowest BCUT2D eigenvalue weighted by Gasteiger charge is -2.37. The molecule has 0 N–H and O–H groups in total. The zero-order valence-electron chi connectivity index (χ0n) is 10.0. The van der Waals surface area contributed by atoms with Crippen molar-refractivity contribution in [3.63, 3.8) is 0 Å². The maximum Gasteiger partial charge on any atom is 0.249 e. The van der Waals surface area contributed by atoms with Gasteiger partial charge >= 0.3 is 0 Å². The highest BCUT2D eigenvalue weighted by Gasteiger charge is 2.52. The first kappa shape index (κ1) is 11.4.